The first-order valence-corrected chi connectivity index (χ1v) is 8.69. The number of aryl methyl sites for hydroxylation is 1. The molecule has 1 aliphatic heterocycles. The number of nitrogens with zero attached hydrogens (tertiary/aromatic N) is 2. The molecule has 0 unspecified atom stereocenters. The maximum Gasteiger partial charge on any atom is 0.257 e. The molecule has 2 aromatic carbocycles. The number of halogens is 2. The number of carbonyl (C=O) groups excluding carboxylic acids is 1. The summed E-state index contributed by atoms with van der Waals surface area (Å²) < 4.78 is 26.8. The number of anilines is 3. The van der Waals surface area contributed by atoms with Crippen molar-refractivity contribution in [3.8, 4) is 0 Å². The van der Waals surface area contributed by atoms with E-state index in [0.29, 0.717) is 5.56 Å². The van der Waals surface area contributed by atoms with Crippen LogP contribution in [0.25, 0.3) is 0 Å². The van der Waals surface area contributed by atoms with Crippen molar-refractivity contribution in [3.63, 3.8) is 0 Å². The van der Waals surface area contributed by atoms with E-state index in [4.69, 9.17) is 0 Å². The van der Waals surface area contributed by atoms with E-state index in [2.05, 4.69) is 27.3 Å². The number of aromatic nitrogens is 1. The fourth-order valence-electron chi connectivity index (χ4n) is 3.29. The summed E-state index contributed by atoms with van der Waals surface area (Å²) in [6, 6.07) is 12.9. The monoisotopic (exact) mass is 365 g/mol. The van der Waals surface area contributed by atoms with Gasteiger partial charge in [-0.25, -0.2) is 8.78 Å². The molecule has 1 amide bonds. The van der Waals surface area contributed by atoms with Crippen LogP contribution in [-0.4, -0.2) is 17.4 Å². The van der Waals surface area contributed by atoms with Gasteiger partial charge in [-0.1, -0.05) is 18.2 Å². The molecule has 4 rings (SSSR count). The summed E-state index contributed by atoms with van der Waals surface area (Å²) in [5.41, 5.74) is 3.39. The quantitative estimate of drug-likeness (QED) is 0.732. The topological polar surface area (TPSA) is 45.2 Å². The highest BCUT2D eigenvalue weighted by molar-refractivity contribution is 6.04. The Balaban J connectivity index is 1.61. The van der Waals surface area contributed by atoms with Crippen molar-refractivity contribution < 1.29 is 13.6 Å². The zero-order chi connectivity index (χ0) is 18.8. The highest BCUT2D eigenvalue weighted by Crippen LogP contribution is 2.33. The molecule has 2 heterocycles. The van der Waals surface area contributed by atoms with E-state index in [9.17, 15) is 13.6 Å². The lowest BCUT2D eigenvalue weighted by Crippen LogP contribution is -2.25. The highest BCUT2D eigenvalue weighted by Gasteiger charge is 2.19. The number of rotatable bonds is 3. The maximum absolute atomic E-state index is 13.8. The lowest BCUT2D eigenvalue weighted by Gasteiger charge is -2.31. The van der Waals surface area contributed by atoms with Crippen molar-refractivity contribution in [2.75, 3.05) is 16.8 Å². The van der Waals surface area contributed by atoms with Crippen LogP contribution in [0.3, 0.4) is 0 Å². The number of carbonyl (C=O) groups is 1. The number of benzene rings is 2. The number of fused-ring (bicyclic) bond motifs is 1. The van der Waals surface area contributed by atoms with Crippen molar-refractivity contribution in [1.82, 2.24) is 4.98 Å². The van der Waals surface area contributed by atoms with E-state index >= 15 is 0 Å². The lowest BCUT2D eigenvalue weighted by molar-refractivity contribution is 0.102. The highest BCUT2D eigenvalue weighted by atomic mass is 19.1. The first-order valence-electron chi connectivity index (χ1n) is 8.69. The predicted octanol–water partition coefficient (Wildman–Crippen LogP) is 4.70. The summed E-state index contributed by atoms with van der Waals surface area (Å²) in [6.07, 6.45) is 5.16. The van der Waals surface area contributed by atoms with Crippen molar-refractivity contribution in [2.45, 2.75) is 12.8 Å². The van der Waals surface area contributed by atoms with Gasteiger partial charge in [-0.2, -0.15) is 0 Å². The molecule has 0 saturated carbocycles. The fourth-order valence-corrected chi connectivity index (χ4v) is 3.29. The molecule has 0 bridgehead atoms. The average Bonchev–Trinajstić information content (AvgIpc) is 2.69. The van der Waals surface area contributed by atoms with E-state index in [1.54, 1.807) is 12.3 Å². The number of amides is 1. The van der Waals surface area contributed by atoms with Gasteiger partial charge in [0.05, 0.1) is 23.1 Å². The molecule has 1 N–H and O–H groups in total. The predicted molar refractivity (Wildman–Crippen MR) is 100 cm³/mol. The van der Waals surface area contributed by atoms with Crippen LogP contribution in [0, 0.1) is 11.6 Å². The summed E-state index contributed by atoms with van der Waals surface area (Å²) in [5, 5.41) is 2.46. The molecule has 0 saturated heterocycles. The Hall–Kier alpha value is -3.28. The Morgan fingerprint density at radius 2 is 1.93 bits per heavy atom. The molecule has 4 nitrogen and oxygen atoms in total. The molecule has 0 atom stereocenters. The third-order valence-corrected chi connectivity index (χ3v) is 4.59. The SMILES string of the molecule is O=C(Nc1ccc(F)cc1F)c1cncc(N2CCCc3ccccc32)c1. The van der Waals surface area contributed by atoms with Gasteiger partial charge in [0.2, 0.25) is 0 Å². The Kier molecular flexibility index (Phi) is 4.54. The zero-order valence-corrected chi connectivity index (χ0v) is 14.5. The Morgan fingerprint density at radius 3 is 2.78 bits per heavy atom. The minimum Gasteiger partial charge on any atom is -0.340 e. The van der Waals surface area contributed by atoms with E-state index in [1.807, 2.05) is 12.1 Å². The van der Waals surface area contributed by atoms with Crippen LogP contribution in [-0.2, 0) is 6.42 Å². The molecule has 0 fully saturated rings. The van der Waals surface area contributed by atoms with Crippen molar-refractivity contribution in [1.29, 1.82) is 0 Å². The zero-order valence-electron chi connectivity index (χ0n) is 14.5. The summed E-state index contributed by atoms with van der Waals surface area (Å²) in [4.78, 5) is 18.8. The van der Waals surface area contributed by atoms with Gasteiger partial charge in [0, 0.05) is 24.5 Å². The second kappa shape index (κ2) is 7.15. The van der Waals surface area contributed by atoms with Crippen LogP contribution in [0.4, 0.5) is 25.8 Å². The van der Waals surface area contributed by atoms with Gasteiger partial charge < -0.3 is 10.2 Å². The second-order valence-electron chi connectivity index (χ2n) is 6.39. The van der Waals surface area contributed by atoms with Crippen molar-refractivity contribution in [3.05, 3.63) is 83.7 Å². The largest absolute Gasteiger partial charge is 0.340 e. The molecule has 1 aliphatic rings. The summed E-state index contributed by atoms with van der Waals surface area (Å²) in [5.74, 6) is -2.02. The lowest BCUT2D eigenvalue weighted by atomic mass is 10.0. The second-order valence-corrected chi connectivity index (χ2v) is 6.39. The van der Waals surface area contributed by atoms with Crippen LogP contribution in [0.5, 0.6) is 0 Å². The van der Waals surface area contributed by atoms with Crippen LogP contribution >= 0.6 is 0 Å². The summed E-state index contributed by atoms with van der Waals surface area (Å²) >= 11 is 0. The van der Waals surface area contributed by atoms with Crippen LogP contribution in [0.1, 0.15) is 22.3 Å². The van der Waals surface area contributed by atoms with Gasteiger partial charge in [-0.3, -0.25) is 9.78 Å². The molecular weight excluding hydrogens is 348 g/mol. The Morgan fingerprint density at radius 1 is 1.07 bits per heavy atom. The summed E-state index contributed by atoms with van der Waals surface area (Å²) in [7, 11) is 0. The van der Waals surface area contributed by atoms with Gasteiger partial charge in [0.1, 0.15) is 11.6 Å². The van der Waals surface area contributed by atoms with Gasteiger partial charge in [0.15, 0.2) is 0 Å². The maximum atomic E-state index is 13.8. The number of hydrogen-bond acceptors (Lipinski definition) is 3. The molecular formula is C21H17F2N3O. The molecule has 3 aromatic rings. The molecule has 27 heavy (non-hydrogen) atoms. The molecule has 0 aliphatic carbocycles. The van der Waals surface area contributed by atoms with Gasteiger partial charge in [0.25, 0.3) is 5.91 Å². The van der Waals surface area contributed by atoms with E-state index in [1.165, 1.54) is 17.8 Å². The van der Waals surface area contributed by atoms with Crippen LogP contribution < -0.4 is 10.2 Å². The van der Waals surface area contributed by atoms with Crippen LogP contribution in [0.15, 0.2) is 60.9 Å². The van der Waals surface area contributed by atoms with Crippen molar-refractivity contribution in [2.24, 2.45) is 0 Å². The Labute approximate surface area is 155 Å². The molecule has 6 heteroatoms. The van der Waals surface area contributed by atoms with E-state index in [0.717, 1.165) is 42.9 Å². The normalized spacial score (nSPS) is 13.2. The number of para-hydroxylation sites is 1. The number of hydrogen-bond donors (Lipinski definition) is 1. The van der Waals surface area contributed by atoms with Gasteiger partial charge >= 0.3 is 0 Å². The minimum absolute atomic E-state index is 0.0740. The van der Waals surface area contributed by atoms with Gasteiger partial charge in [-0.15, -0.1) is 0 Å². The molecule has 136 valence electrons. The summed E-state index contributed by atoms with van der Waals surface area (Å²) in [6.45, 7) is 0.830. The molecule has 0 radical (unpaired) electrons. The minimum atomic E-state index is -0.822. The third kappa shape index (κ3) is 3.51. The van der Waals surface area contributed by atoms with E-state index < -0.39 is 17.5 Å². The smallest absolute Gasteiger partial charge is 0.257 e. The van der Waals surface area contributed by atoms with E-state index in [-0.39, 0.29) is 5.69 Å². The molecule has 0 spiro atoms. The Bertz CT molecular complexity index is 1010. The van der Waals surface area contributed by atoms with Crippen molar-refractivity contribution >= 4 is 23.0 Å². The third-order valence-electron chi connectivity index (χ3n) is 4.59. The first kappa shape index (κ1) is 17.1. The fraction of sp³-hybridized carbons (Fsp3) is 0.143. The molecule has 1 aromatic heterocycles. The standard InChI is InChI=1S/C21H17F2N3O/c22-16-7-8-19(18(23)11-16)25-21(27)15-10-17(13-24-12-15)26-9-3-5-14-4-1-2-6-20(14)26/h1-2,4,6-8,10-13H,3,5,9H2,(H,25,27). The van der Waals surface area contributed by atoms with Gasteiger partial charge in [-0.05, 0) is 42.7 Å². The number of pyridine rings is 1. The average molecular weight is 365 g/mol. The van der Waals surface area contributed by atoms with Crippen LogP contribution in [0.2, 0.25) is 0 Å². The number of nitrogens with one attached hydrogen (secondary N) is 1. The first-order chi connectivity index (χ1) is 13.1.